The Bertz CT molecular complexity index is 1700. The average molecular weight is 529 g/mol. The van der Waals surface area contributed by atoms with Crippen LogP contribution in [0.15, 0.2) is 60.7 Å². The SMILES string of the molecule is CCNC1(c2nc3ccc(-c4ccc(-c5ccc6c(c5)CCc5[nH]c(C7CCCN7)nc5-6)cc4)cc3[nH]2)CCC1. The third kappa shape index (κ3) is 3.93. The van der Waals surface area contributed by atoms with E-state index in [9.17, 15) is 0 Å². The second-order valence-electron chi connectivity index (χ2n) is 11.8. The van der Waals surface area contributed by atoms with Crippen LogP contribution in [0, 0.1) is 0 Å². The van der Waals surface area contributed by atoms with E-state index in [1.165, 1.54) is 58.3 Å². The van der Waals surface area contributed by atoms with Gasteiger partial charge in [-0.15, -0.1) is 0 Å². The van der Waals surface area contributed by atoms with Gasteiger partial charge in [0.15, 0.2) is 0 Å². The van der Waals surface area contributed by atoms with Crippen LogP contribution in [0.1, 0.15) is 68.0 Å². The van der Waals surface area contributed by atoms with Crippen LogP contribution in [0.4, 0.5) is 0 Å². The van der Waals surface area contributed by atoms with Crippen LogP contribution in [0.3, 0.4) is 0 Å². The van der Waals surface area contributed by atoms with E-state index in [-0.39, 0.29) is 5.54 Å². The first-order chi connectivity index (χ1) is 19.7. The highest BCUT2D eigenvalue weighted by atomic mass is 15.1. The van der Waals surface area contributed by atoms with Crippen molar-refractivity contribution in [3.63, 3.8) is 0 Å². The second-order valence-corrected chi connectivity index (χ2v) is 11.8. The van der Waals surface area contributed by atoms with Crippen molar-refractivity contribution in [3.05, 3.63) is 83.6 Å². The maximum atomic E-state index is 5.05. The van der Waals surface area contributed by atoms with Crippen LogP contribution in [-0.4, -0.2) is 33.0 Å². The van der Waals surface area contributed by atoms with Crippen LogP contribution in [-0.2, 0) is 18.4 Å². The number of hydrogen-bond donors (Lipinski definition) is 4. The van der Waals surface area contributed by atoms with Crippen molar-refractivity contribution >= 4 is 11.0 Å². The zero-order chi connectivity index (χ0) is 26.7. The molecule has 6 heteroatoms. The van der Waals surface area contributed by atoms with Crippen LogP contribution < -0.4 is 10.6 Å². The smallest absolute Gasteiger partial charge is 0.127 e. The summed E-state index contributed by atoms with van der Waals surface area (Å²) in [4.78, 5) is 17.3. The van der Waals surface area contributed by atoms with Crippen molar-refractivity contribution < 1.29 is 0 Å². The van der Waals surface area contributed by atoms with Gasteiger partial charge in [-0.3, -0.25) is 0 Å². The quantitative estimate of drug-likeness (QED) is 0.195. The molecule has 1 unspecified atom stereocenters. The molecular formula is C34H36N6. The Labute approximate surface area is 235 Å². The molecule has 0 bridgehead atoms. The second kappa shape index (κ2) is 9.43. The Kier molecular flexibility index (Phi) is 5.68. The zero-order valence-corrected chi connectivity index (χ0v) is 23.1. The van der Waals surface area contributed by atoms with Crippen LogP contribution in [0.2, 0.25) is 0 Å². The first kappa shape index (κ1) is 24.1. The zero-order valence-electron chi connectivity index (χ0n) is 23.1. The molecule has 0 radical (unpaired) electrons. The summed E-state index contributed by atoms with van der Waals surface area (Å²) in [5.74, 6) is 2.20. The number of nitrogens with zero attached hydrogens (tertiary/aromatic N) is 2. The lowest BCUT2D eigenvalue weighted by atomic mass is 9.76. The molecule has 8 rings (SSSR count). The van der Waals surface area contributed by atoms with Gasteiger partial charge in [0.2, 0.25) is 0 Å². The van der Waals surface area contributed by atoms with E-state index in [2.05, 4.69) is 88.2 Å². The number of aromatic nitrogens is 4. The summed E-state index contributed by atoms with van der Waals surface area (Å²) < 4.78 is 0. The lowest BCUT2D eigenvalue weighted by molar-refractivity contribution is 0.179. The van der Waals surface area contributed by atoms with Crippen molar-refractivity contribution in [1.82, 2.24) is 30.6 Å². The van der Waals surface area contributed by atoms with Gasteiger partial charge in [0.1, 0.15) is 11.6 Å². The Hall–Kier alpha value is -3.74. The predicted octanol–water partition coefficient (Wildman–Crippen LogP) is 6.80. The molecule has 3 heterocycles. The third-order valence-corrected chi connectivity index (χ3v) is 9.40. The first-order valence-corrected chi connectivity index (χ1v) is 15.0. The fraction of sp³-hybridized carbons (Fsp3) is 0.353. The van der Waals surface area contributed by atoms with Gasteiger partial charge in [0, 0.05) is 11.3 Å². The van der Waals surface area contributed by atoms with Crippen molar-refractivity contribution in [3.8, 4) is 33.5 Å². The number of nitrogens with one attached hydrogen (secondary N) is 4. The molecule has 3 aliphatic rings. The van der Waals surface area contributed by atoms with E-state index in [4.69, 9.17) is 9.97 Å². The number of benzene rings is 3. The predicted molar refractivity (Wildman–Crippen MR) is 161 cm³/mol. The van der Waals surface area contributed by atoms with Gasteiger partial charge < -0.3 is 20.6 Å². The molecular weight excluding hydrogens is 492 g/mol. The van der Waals surface area contributed by atoms with Crippen molar-refractivity contribution in [2.24, 2.45) is 0 Å². The summed E-state index contributed by atoms with van der Waals surface area (Å²) in [6, 6.07) is 22.8. The minimum Gasteiger partial charge on any atom is -0.344 e. The monoisotopic (exact) mass is 528 g/mol. The number of H-pyrrole nitrogens is 2. The molecule has 2 aromatic heterocycles. The summed E-state index contributed by atoms with van der Waals surface area (Å²) >= 11 is 0. The van der Waals surface area contributed by atoms with Crippen LogP contribution in [0.25, 0.3) is 44.5 Å². The van der Waals surface area contributed by atoms with E-state index in [1.807, 2.05) is 0 Å². The highest BCUT2D eigenvalue weighted by Crippen LogP contribution is 2.41. The standard InChI is InChI=1S/C34H36N6/c1-2-36-34(16-4-17-34)33-38-27-14-11-24(20-30(27)39-33)22-8-6-21(7-9-22)23-10-13-26-25(19-23)12-15-28-31(26)40-32(37-28)29-5-3-18-35-29/h6-11,13-14,19-20,29,35-36H,2-5,12,15-18H2,1H3,(H,37,40)(H,38,39). The first-order valence-electron chi connectivity index (χ1n) is 15.0. The Morgan fingerprint density at radius 1 is 0.850 bits per heavy atom. The van der Waals surface area contributed by atoms with E-state index < -0.39 is 0 Å². The summed E-state index contributed by atoms with van der Waals surface area (Å²) in [6.07, 6.45) is 8.04. The molecule has 1 atom stereocenters. The highest BCUT2D eigenvalue weighted by molar-refractivity contribution is 5.83. The van der Waals surface area contributed by atoms with Gasteiger partial charge >= 0.3 is 0 Å². The molecule has 0 amide bonds. The molecule has 5 aromatic rings. The molecule has 6 nitrogen and oxygen atoms in total. The number of aryl methyl sites for hydroxylation is 2. The maximum absolute atomic E-state index is 5.05. The topological polar surface area (TPSA) is 81.4 Å². The van der Waals surface area contributed by atoms with Crippen molar-refractivity contribution in [1.29, 1.82) is 0 Å². The normalized spacial score (nSPS) is 19.4. The van der Waals surface area contributed by atoms with Gasteiger partial charge in [-0.1, -0.05) is 55.5 Å². The molecule has 1 aliphatic heterocycles. The Morgan fingerprint density at radius 3 is 2.35 bits per heavy atom. The highest BCUT2D eigenvalue weighted by Gasteiger charge is 2.40. The largest absolute Gasteiger partial charge is 0.344 e. The molecule has 2 aliphatic carbocycles. The fourth-order valence-electron chi connectivity index (χ4n) is 7.02. The lowest BCUT2D eigenvalue weighted by Crippen LogP contribution is -2.48. The molecule has 4 N–H and O–H groups in total. The minimum absolute atomic E-state index is 0.0264. The molecule has 0 spiro atoms. The maximum Gasteiger partial charge on any atom is 0.127 e. The minimum atomic E-state index is 0.0264. The third-order valence-electron chi connectivity index (χ3n) is 9.40. The van der Waals surface area contributed by atoms with E-state index >= 15 is 0 Å². The summed E-state index contributed by atoms with van der Waals surface area (Å²) in [5, 5.41) is 7.25. The van der Waals surface area contributed by atoms with Crippen LogP contribution in [0.5, 0.6) is 0 Å². The summed E-state index contributed by atoms with van der Waals surface area (Å²) in [5.41, 5.74) is 12.3. The molecule has 1 saturated carbocycles. The van der Waals surface area contributed by atoms with E-state index in [0.717, 1.165) is 67.1 Å². The molecule has 40 heavy (non-hydrogen) atoms. The van der Waals surface area contributed by atoms with E-state index in [1.54, 1.807) is 0 Å². The van der Waals surface area contributed by atoms with E-state index in [0.29, 0.717) is 6.04 Å². The molecule has 2 fully saturated rings. The molecule has 1 saturated heterocycles. The van der Waals surface area contributed by atoms with Gasteiger partial charge in [-0.2, -0.15) is 0 Å². The fourth-order valence-corrected chi connectivity index (χ4v) is 7.02. The number of fused-ring (bicyclic) bond motifs is 4. The Balaban J connectivity index is 1.05. The number of rotatable bonds is 6. The molecule has 3 aromatic carbocycles. The van der Waals surface area contributed by atoms with Crippen molar-refractivity contribution in [2.75, 3.05) is 13.1 Å². The average Bonchev–Trinajstić information content (AvgIpc) is 3.74. The Morgan fingerprint density at radius 2 is 1.62 bits per heavy atom. The van der Waals surface area contributed by atoms with Crippen molar-refractivity contribution in [2.45, 2.75) is 63.5 Å². The number of imidazole rings is 2. The summed E-state index contributed by atoms with van der Waals surface area (Å²) in [6.45, 7) is 4.22. The van der Waals surface area contributed by atoms with Gasteiger partial charge in [-0.25, -0.2) is 9.97 Å². The van der Waals surface area contributed by atoms with Gasteiger partial charge in [0.05, 0.1) is 28.3 Å². The number of aromatic amines is 2. The molecule has 202 valence electrons. The summed E-state index contributed by atoms with van der Waals surface area (Å²) in [7, 11) is 0. The number of hydrogen-bond acceptors (Lipinski definition) is 4. The lowest BCUT2D eigenvalue weighted by Gasteiger charge is -2.40. The van der Waals surface area contributed by atoms with Gasteiger partial charge in [-0.05, 0) is 98.0 Å². The van der Waals surface area contributed by atoms with Crippen LogP contribution >= 0.6 is 0 Å². The van der Waals surface area contributed by atoms with Gasteiger partial charge in [0.25, 0.3) is 0 Å².